The molecule has 0 amide bonds. The van der Waals surface area contributed by atoms with Crippen LogP contribution in [0.3, 0.4) is 0 Å². The van der Waals surface area contributed by atoms with E-state index in [4.69, 9.17) is 9.51 Å². The van der Waals surface area contributed by atoms with Gasteiger partial charge in [-0.05, 0) is 25.3 Å². The van der Waals surface area contributed by atoms with Gasteiger partial charge >= 0.3 is 5.69 Å². The van der Waals surface area contributed by atoms with E-state index >= 15 is 0 Å². The Kier molecular flexibility index (Phi) is 4.03. The van der Waals surface area contributed by atoms with E-state index in [2.05, 4.69) is 25.1 Å². The lowest BCUT2D eigenvalue weighted by molar-refractivity contribution is 0.432. The van der Waals surface area contributed by atoms with Crippen molar-refractivity contribution in [2.24, 2.45) is 0 Å². The van der Waals surface area contributed by atoms with E-state index in [9.17, 15) is 9.59 Å². The molecule has 160 valence electrons. The van der Waals surface area contributed by atoms with Gasteiger partial charge in [-0.25, -0.2) is 14.8 Å². The highest BCUT2D eigenvalue weighted by atomic mass is 16.5. The third kappa shape index (κ3) is 2.85. The van der Waals surface area contributed by atoms with Crippen molar-refractivity contribution in [1.29, 1.82) is 0 Å². The molecule has 5 aromatic rings. The first-order valence-corrected chi connectivity index (χ1v) is 10.4. The lowest BCUT2D eigenvalue weighted by Gasteiger charge is -2.11. The summed E-state index contributed by atoms with van der Waals surface area (Å²) in [5, 5.41) is 4.38. The Hall–Kier alpha value is -4.15. The predicted molar refractivity (Wildman–Crippen MR) is 114 cm³/mol. The van der Waals surface area contributed by atoms with Gasteiger partial charge in [0.25, 0.3) is 11.4 Å². The topological polar surface area (TPSA) is 137 Å². The number of nitrogens with one attached hydrogen (secondary N) is 1. The number of H-pyrrole nitrogens is 1. The lowest BCUT2D eigenvalue weighted by Crippen LogP contribution is -2.31. The molecule has 0 atom stereocenters. The fourth-order valence-electron chi connectivity index (χ4n) is 3.93. The van der Waals surface area contributed by atoms with Crippen LogP contribution < -0.4 is 11.2 Å². The maximum atomic E-state index is 12.8. The average Bonchev–Trinajstić information content (AvgIpc) is 3.38. The van der Waals surface area contributed by atoms with Crippen LogP contribution in [-0.2, 0) is 6.54 Å². The minimum atomic E-state index is -0.525. The standard InChI is InChI=1S/C21H18N8O3/c1-2-6-29-18-16(19(30)26-21(29)31)12(8-13(24-18)11-3-4-11)20-25-17(27-32-20)14-9-23-15-10-22-5-7-28(14)15/h5,7-11H,2-4,6H2,1H3,(H,26,30,31). The number of nitrogens with zero attached hydrogens (tertiary/aromatic N) is 7. The molecule has 0 spiro atoms. The van der Waals surface area contributed by atoms with Crippen LogP contribution in [0.5, 0.6) is 0 Å². The summed E-state index contributed by atoms with van der Waals surface area (Å²) < 4.78 is 8.89. The molecule has 5 heterocycles. The Bertz CT molecular complexity index is 1610. The normalized spacial score (nSPS) is 13.9. The van der Waals surface area contributed by atoms with E-state index in [-0.39, 0.29) is 11.3 Å². The molecule has 1 fully saturated rings. The zero-order valence-electron chi connectivity index (χ0n) is 17.1. The van der Waals surface area contributed by atoms with Crippen LogP contribution in [0, 0.1) is 0 Å². The Labute approximate surface area is 179 Å². The molecule has 0 aromatic carbocycles. The number of hydrogen-bond acceptors (Lipinski definition) is 8. The largest absolute Gasteiger partial charge is 0.334 e. The summed E-state index contributed by atoms with van der Waals surface area (Å²) in [6, 6.07) is 1.83. The van der Waals surface area contributed by atoms with Crippen LogP contribution in [0.4, 0.5) is 0 Å². The second-order valence-corrected chi connectivity index (χ2v) is 7.85. The highest BCUT2D eigenvalue weighted by molar-refractivity contribution is 5.90. The molecule has 1 aliphatic carbocycles. The fraction of sp³-hybridized carbons (Fsp3) is 0.286. The first kappa shape index (κ1) is 18.6. The zero-order chi connectivity index (χ0) is 21.8. The molecule has 11 heteroatoms. The van der Waals surface area contributed by atoms with Gasteiger partial charge in [-0.2, -0.15) is 4.98 Å². The summed E-state index contributed by atoms with van der Waals surface area (Å²) in [4.78, 5) is 45.3. The van der Waals surface area contributed by atoms with E-state index in [0.29, 0.717) is 40.8 Å². The summed E-state index contributed by atoms with van der Waals surface area (Å²) in [5.41, 5.74) is 1.93. The van der Waals surface area contributed by atoms with Gasteiger partial charge in [0.2, 0.25) is 5.82 Å². The molecule has 0 aliphatic heterocycles. The number of aromatic amines is 1. The Balaban J connectivity index is 1.59. The van der Waals surface area contributed by atoms with Gasteiger partial charge < -0.3 is 4.52 Å². The van der Waals surface area contributed by atoms with E-state index < -0.39 is 11.2 Å². The SMILES string of the molecule is CCCn1c(=O)[nH]c(=O)c2c(-c3nc(-c4cnc5cnccn45)no3)cc(C3CC3)nc21. The first-order chi connectivity index (χ1) is 15.6. The van der Waals surface area contributed by atoms with E-state index in [0.717, 1.165) is 25.0 Å². The van der Waals surface area contributed by atoms with Crippen LogP contribution >= 0.6 is 0 Å². The number of imidazole rings is 1. The third-order valence-corrected chi connectivity index (χ3v) is 5.61. The van der Waals surface area contributed by atoms with Crippen molar-refractivity contribution in [1.82, 2.24) is 39.0 Å². The van der Waals surface area contributed by atoms with Gasteiger partial charge in [0.05, 0.1) is 23.3 Å². The van der Waals surface area contributed by atoms with E-state index in [1.54, 1.807) is 29.2 Å². The van der Waals surface area contributed by atoms with Crippen LogP contribution in [0.25, 0.3) is 39.7 Å². The van der Waals surface area contributed by atoms with Gasteiger partial charge in [0, 0.05) is 30.6 Å². The summed E-state index contributed by atoms with van der Waals surface area (Å²) in [7, 11) is 0. The molecule has 6 rings (SSSR count). The quantitative estimate of drug-likeness (QED) is 0.448. The van der Waals surface area contributed by atoms with E-state index in [1.807, 2.05) is 13.0 Å². The molecule has 1 saturated carbocycles. The maximum Gasteiger partial charge on any atom is 0.329 e. The second kappa shape index (κ2) is 6.94. The summed E-state index contributed by atoms with van der Waals surface area (Å²) in [6.45, 7) is 2.41. The highest BCUT2D eigenvalue weighted by Crippen LogP contribution is 2.41. The average molecular weight is 430 g/mol. The van der Waals surface area contributed by atoms with Crippen molar-refractivity contribution >= 4 is 16.7 Å². The molecule has 0 radical (unpaired) electrons. The van der Waals surface area contributed by atoms with E-state index in [1.165, 1.54) is 4.57 Å². The molecule has 32 heavy (non-hydrogen) atoms. The molecule has 5 aromatic heterocycles. The summed E-state index contributed by atoms with van der Waals surface area (Å²) in [6.07, 6.45) is 9.43. The number of hydrogen-bond donors (Lipinski definition) is 1. The maximum absolute atomic E-state index is 12.8. The van der Waals surface area contributed by atoms with Gasteiger partial charge in [-0.3, -0.25) is 23.7 Å². The number of aromatic nitrogens is 8. The molecule has 0 unspecified atom stereocenters. The number of rotatable bonds is 5. The smallest absolute Gasteiger partial charge is 0.329 e. The van der Waals surface area contributed by atoms with Crippen LogP contribution in [0.2, 0.25) is 0 Å². The van der Waals surface area contributed by atoms with Gasteiger partial charge in [-0.1, -0.05) is 12.1 Å². The number of aryl methyl sites for hydroxylation is 1. The van der Waals surface area contributed by atoms with Crippen molar-refractivity contribution in [2.75, 3.05) is 0 Å². The number of fused-ring (bicyclic) bond motifs is 2. The monoisotopic (exact) mass is 430 g/mol. The van der Waals surface area contributed by atoms with Crippen molar-refractivity contribution in [3.8, 4) is 23.0 Å². The van der Waals surface area contributed by atoms with Crippen molar-refractivity contribution in [3.63, 3.8) is 0 Å². The summed E-state index contributed by atoms with van der Waals surface area (Å²) >= 11 is 0. The molecule has 1 aliphatic rings. The molecular formula is C21H18N8O3. The van der Waals surface area contributed by atoms with Gasteiger partial charge in [-0.15, -0.1) is 0 Å². The van der Waals surface area contributed by atoms with Crippen LogP contribution in [0.15, 0.2) is 45.0 Å². The van der Waals surface area contributed by atoms with Crippen LogP contribution in [-0.4, -0.2) is 39.0 Å². The molecular weight excluding hydrogens is 412 g/mol. The summed E-state index contributed by atoms with van der Waals surface area (Å²) in [5.74, 6) is 0.816. The van der Waals surface area contributed by atoms with Crippen LogP contribution in [0.1, 0.15) is 37.8 Å². The Morgan fingerprint density at radius 3 is 2.91 bits per heavy atom. The second-order valence-electron chi connectivity index (χ2n) is 7.85. The minimum absolute atomic E-state index is 0.186. The van der Waals surface area contributed by atoms with Crippen molar-refractivity contribution in [2.45, 2.75) is 38.6 Å². The first-order valence-electron chi connectivity index (χ1n) is 10.4. The zero-order valence-corrected chi connectivity index (χ0v) is 17.1. The van der Waals surface area contributed by atoms with Crippen molar-refractivity contribution < 1.29 is 4.52 Å². The number of pyridine rings is 1. The Morgan fingerprint density at radius 1 is 1.22 bits per heavy atom. The van der Waals surface area contributed by atoms with Crippen molar-refractivity contribution in [3.05, 3.63) is 57.4 Å². The lowest BCUT2D eigenvalue weighted by atomic mass is 10.1. The molecule has 11 nitrogen and oxygen atoms in total. The Morgan fingerprint density at radius 2 is 2.09 bits per heavy atom. The van der Waals surface area contributed by atoms with Gasteiger partial charge in [0.15, 0.2) is 11.3 Å². The van der Waals surface area contributed by atoms with Gasteiger partial charge in [0.1, 0.15) is 5.69 Å². The minimum Gasteiger partial charge on any atom is -0.334 e. The molecule has 0 saturated heterocycles. The fourth-order valence-corrected chi connectivity index (χ4v) is 3.93. The molecule has 0 bridgehead atoms. The third-order valence-electron chi connectivity index (χ3n) is 5.61. The molecule has 1 N–H and O–H groups in total. The highest BCUT2D eigenvalue weighted by Gasteiger charge is 2.29. The predicted octanol–water partition coefficient (Wildman–Crippen LogP) is 2.13.